The summed E-state index contributed by atoms with van der Waals surface area (Å²) in [6.45, 7) is 7.97. The SMILES string of the molecule is CC1(C)CCN(Cc2cc(F)cc(CN)c2)CCS1. The molecule has 0 aromatic heterocycles. The highest BCUT2D eigenvalue weighted by molar-refractivity contribution is 8.00. The van der Waals surface area contributed by atoms with Crippen molar-refractivity contribution in [3.63, 3.8) is 0 Å². The molecule has 2 nitrogen and oxygen atoms in total. The molecule has 1 aliphatic heterocycles. The van der Waals surface area contributed by atoms with Crippen LogP contribution in [-0.2, 0) is 13.1 Å². The van der Waals surface area contributed by atoms with E-state index in [1.165, 1.54) is 12.5 Å². The standard InChI is InChI=1S/C15H23FN2S/c1-15(2)3-4-18(5-6-19-15)11-13-7-12(10-17)8-14(16)9-13/h7-9H,3-6,10-11,17H2,1-2H3. The van der Waals surface area contributed by atoms with E-state index in [0.29, 0.717) is 11.3 Å². The number of nitrogens with two attached hydrogens (primary N) is 1. The van der Waals surface area contributed by atoms with Gasteiger partial charge < -0.3 is 5.73 Å². The molecule has 1 saturated heterocycles. The van der Waals surface area contributed by atoms with Crippen LogP contribution in [0.1, 0.15) is 31.4 Å². The van der Waals surface area contributed by atoms with Crippen molar-refractivity contribution < 1.29 is 4.39 Å². The molecular formula is C15H23FN2S. The zero-order valence-electron chi connectivity index (χ0n) is 11.8. The van der Waals surface area contributed by atoms with Crippen LogP contribution < -0.4 is 5.73 Å². The van der Waals surface area contributed by atoms with Gasteiger partial charge in [-0.1, -0.05) is 19.9 Å². The van der Waals surface area contributed by atoms with Crippen LogP contribution in [0.5, 0.6) is 0 Å². The summed E-state index contributed by atoms with van der Waals surface area (Å²) < 4.78 is 13.9. The van der Waals surface area contributed by atoms with E-state index in [1.807, 2.05) is 17.8 Å². The van der Waals surface area contributed by atoms with Gasteiger partial charge in [-0.2, -0.15) is 11.8 Å². The fraction of sp³-hybridized carbons (Fsp3) is 0.600. The van der Waals surface area contributed by atoms with Crippen molar-refractivity contribution in [2.24, 2.45) is 5.73 Å². The molecular weight excluding hydrogens is 259 g/mol. The fourth-order valence-electron chi connectivity index (χ4n) is 2.41. The van der Waals surface area contributed by atoms with Crippen LogP contribution >= 0.6 is 11.8 Å². The van der Waals surface area contributed by atoms with Crippen molar-refractivity contribution in [2.45, 2.75) is 38.1 Å². The van der Waals surface area contributed by atoms with Crippen molar-refractivity contribution in [1.82, 2.24) is 4.90 Å². The van der Waals surface area contributed by atoms with Crippen molar-refractivity contribution in [2.75, 3.05) is 18.8 Å². The Morgan fingerprint density at radius 3 is 2.74 bits per heavy atom. The summed E-state index contributed by atoms with van der Waals surface area (Å²) in [5.41, 5.74) is 7.50. The quantitative estimate of drug-likeness (QED) is 0.924. The normalized spacial score (nSPS) is 20.2. The van der Waals surface area contributed by atoms with Gasteiger partial charge >= 0.3 is 0 Å². The van der Waals surface area contributed by atoms with Crippen LogP contribution in [0.2, 0.25) is 0 Å². The molecule has 1 aliphatic rings. The number of hydrogen-bond acceptors (Lipinski definition) is 3. The zero-order chi connectivity index (χ0) is 13.9. The average molecular weight is 282 g/mol. The molecule has 0 aliphatic carbocycles. The van der Waals surface area contributed by atoms with E-state index in [-0.39, 0.29) is 5.82 Å². The first-order chi connectivity index (χ1) is 8.98. The van der Waals surface area contributed by atoms with E-state index in [0.717, 1.165) is 36.5 Å². The first kappa shape index (κ1) is 14.8. The Morgan fingerprint density at radius 1 is 1.26 bits per heavy atom. The van der Waals surface area contributed by atoms with Crippen molar-refractivity contribution in [3.05, 3.63) is 35.1 Å². The van der Waals surface area contributed by atoms with Gasteiger partial charge in [0, 0.05) is 30.1 Å². The fourth-order valence-corrected chi connectivity index (χ4v) is 3.54. The van der Waals surface area contributed by atoms with Gasteiger partial charge in [-0.3, -0.25) is 4.90 Å². The highest BCUT2D eigenvalue weighted by Gasteiger charge is 2.23. The molecule has 0 amide bonds. The Balaban J connectivity index is 2.02. The minimum Gasteiger partial charge on any atom is -0.326 e. The van der Waals surface area contributed by atoms with Gasteiger partial charge in [-0.15, -0.1) is 0 Å². The molecule has 0 unspecified atom stereocenters. The number of halogens is 1. The Kier molecular flexibility index (Phi) is 4.87. The molecule has 0 spiro atoms. The number of nitrogens with zero attached hydrogens (tertiary/aromatic N) is 1. The lowest BCUT2D eigenvalue weighted by molar-refractivity contribution is 0.276. The van der Waals surface area contributed by atoms with Gasteiger partial charge in [0.15, 0.2) is 0 Å². The molecule has 1 aromatic carbocycles. The van der Waals surface area contributed by atoms with E-state index < -0.39 is 0 Å². The predicted octanol–water partition coefficient (Wildman–Crippen LogP) is 3.00. The average Bonchev–Trinajstić information content (AvgIpc) is 2.50. The number of hydrogen-bond donors (Lipinski definition) is 1. The summed E-state index contributed by atoms with van der Waals surface area (Å²) in [5, 5.41) is 0. The minimum atomic E-state index is -0.178. The second-order valence-corrected chi connectivity index (χ2v) is 7.61. The highest BCUT2D eigenvalue weighted by atomic mass is 32.2. The highest BCUT2D eigenvalue weighted by Crippen LogP contribution is 2.31. The summed E-state index contributed by atoms with van der Waals surface area (Å²) in [5.74, 6) is 0.967. The summed E-state index contributed by atoms with van der Waals surface area (Å²) in [6, 6.07) is 5.17. The predicted molar refractivity (Wildman–Crippen MR) is 80.7 cm³/mol. The van der Waals surface area contributed by atoms with Crippen LogP contribution in [0.3, 0.4) is 0 Å². The monoisotopic (exact) mass is 282 g/mol. The molecule has 106 valence electrons. The Bertz CT molecular complexity index is 434. The lowest BCUT2D eigenvalue weighted by Crippen LogP contribution is -2.27. The largest absolute Gasteiger partial charge is 0.326 e. The Morgan fingerprint density at radius 2 is 2.00 bits per heavy atom. The van der Waals surface area contributed by atoms with Crippen LogP contribution in [-0.4, -0.2) is 28.5 Å². The third-order valence-corrected chi connectivity index (χ3v) is 4.96. The molecule has 1 aromatic rings. The molecule has 0 atom stereocenters. The van der Waals surface area contributed by atoms with E-state index in [9.17, 15) is 4.39 Å². The van der Waals surface area contributed by atoms with Gasteiger partial charge in [0.2, 0.25) is 0 Å². The van der Waals surface area contributed by atoms with Gasteiger partial charge in [-0.25, -0.2) is 4.39 Å². The van der Waals surface area contributed by atoms with E-state index in [1.54, 1.807) is 6.07 Å². The molecule has 0 bridgehead atoms. The second kappa shape index (κ2) is 6.25. The van der Waals surface area contributed by atoms with Crippen LogP contribution in [0, 0.1) is 5.82 Å². The maximum Gasteiger partial charge on any atom is 0.123 e. The number of benzene rings is 1. The molecule has 2 rings (SSSR count). The molecule has 4 heteroatoms. The van der Waals surface area contributed by atoms with Crippen molar-refractivity contribution in [3.8, 4) is 0 Å². The third-order valence-electron chi connectivity index (χ3n) is 3.59. The molecule has 1 fully saturated rings. The van der Waals surface area contributed by atoms with E-state index in [2.05, 4.69) is 18.7 Å². The molecule has 19 heavy (non-hydrogen) atoms. The second-order valence-electron chi connectivity index (χ2n) is 5.81. The summed E-state index contributed by atoms with van der Waals surface area (Å²) >= 11 is 2.03. The molecule has 1 heterocycles. The van der Waals surface area contributed by atoms with E-state index in [4.69, 9.17) is 5.73 Å². The van der Waals surface area contributed by atoms with Gasteiger partial charge in [0.05, 0.1) is 0 Å². The lowest BCUT2D eigenvalue weighted by Gasteiger charge is -2.22. The smallest absolute Gasteiger partial charge is 0.123 e. The number of thioether (sulfide) groups is 1. The summed E-state index contributed by atoms with van der Waals surface area (Å²) in [7, 11) is 0. The van der Waals surface area contributed by atoms with Gasteiger partial charge in [-0.05, 0) is 36.2 Å². The first-order valence-corrected chi connectivity index (χ1v) is 7.82. The third kappa shape index (κ3) is 4.48. The Hall–Kier alpha value is -0.580. The topological polar surface area (TPSA) is 29.3 Å². The molecule has 0 saturated carbocycles. The minimum absolute atomic E-state index is 0.178. The first-order valence-electron chi connectivity index (χ1n) is 6.83. The summed E-state index contributed by atoms with van der Waals surface area (Å²) in [6.07, 6.45) is 1.18. The number of rotatable bonds is 3. The van der Waals surface area contributed by atoms with E-state index >= 15 is 0 Å². The maximum absolute atomic E-state index is 13.5. The van der Waals surface area contributed by atoms with Gasteiger partial charge in [0.1, 0.15) is 5.82 Å². The Labute approximate surface area is 119 Å². The molecule has 0 radical (unpaired) electrons. The zero-order valence-corrected chi connectivity index (χ0v) is 12.6. The van der Waals surface area contributed by atoms with Crippen molar-refractivity contribution in [1.29, 1.82) is 0 Å². The summed E-state index contributed by atoms with van der Waals surface area (Å²) in [4.78, 5) is 2.41. The van der Waals surface area contributed by atoms with Crippen LogP contribution in [0.15, 0.2) is 18.2 Å². The van der Waals surface area contributed by atoms with Crippen molar-refractivity contribution >= 4 is 11.8 Å². The van der Waals surface area contributed by atoms with Gasteiger partial charge in [0.25, 0.3) is 0 Å². The maximum atomic E-state index is 13.5. The molecule has 2 N–H and O–H groups in total. The lowest BCUT2D eigenvalue weighted by atomic mass is 10.1. The van der Waals surface area contributed by atoms with Crippen LogP contribution in [0.4, 0.5) is 4.39 Å². The van der Waals surface area contributed by atoms with Crippen LogP contribution in [0.25, 0.3) is 0 Å².